The molecular weight excluding hydrogens is 348 g/mol. The van der Waals surface area contributed by atoms with Crippen molar-refractivity contribution in [1.82, 2.24) is 0 Å². The van der Waals surface area contributed by atoms with Gasteiger partial charge in [-0.2, -0.15) is 0 Å². The van der Waals surface area contributed by atoms with Crippen LogP contribution in [-0.4, -0.2) is 61.0 Å². The summed E-state index contributed by atoms with van der Waals surface area (Å²) in [6.07, 6.45) is -4.71. The number of hydrogen-bond donors (Lipinski definition) is 0. The van der Waals surface area contributed by atoms with Crippen molar-refractivity contribution in [2.75, 3.05) is 6.61 Å². The van der Waals surface area contributed by atoms with Crippen LogP contribution in [0.2, 0.25) is 0 Å². The summed E-state index contributed by atoms with van der Waals surface area (Å²) in [5, 5.41) is 0. The molecule has 0 radical (unpaired) electrons. The van der Waals surface area contributed by atoms with Crippen molar-refractivity contribution < 1.29 is 42.9 Å². The van der Waals surface area contributed by atoms with E-state index in [4.69, 9.17) is 23.7 Å². The molecule has 148 valence electrons. The zero-order valence-electron chi connectivity index (χ0n) is 15.8. The van der Waals surface area contributed by atoms with E-state index in [-0.39, 0.29) is 12.5 Å². The maximum atomic E-state index is 11.6. The van der Waals surface area contributed by atoms with Crippen LogP contribution in [-0.2, 0) is 42.9 Å². The quantitative estimate of drug-likeness (QED) is 0.491. The second-order valence-corrected chi connectivity index (χ2v) is 6.41. The molecule has 1 saturated heterocycles. The SMILES string of the molecule is CC(=O)OC[C@H]1OC(C(C)C)[C@@H](OC(C)=O)[C@@H](OC(C)=O)[C@@H]1OC(C)=O. The first-order chi connectivity index (χ1) is 12.0. The topological polar surface area (TPSA) is 114 Å². The molecular formula is C17H26O9. The lowest BCUT2D eigenvalue weighted by Crippen LogP contribution is -2.63. The van der Waals surface area contributed by atoms with Crippen LogP contribution in [0.3, 0.4) is 0 Å². The van der Waals surface area contributed by atoms with Crippen molar-refractivity contribution in [1.29, 1.82) is 0 Å². The maximum Gasteiger partial charge on any atom is 0.303 e. The van der Waals surface area contributed by atoms with E-state index in [1.165, 1.54) is 27.7 Å². The number of ether oxygens (including phenoxy) is 5. The lowest BCUT2D eigenvalue weighted by atomic mass is 9.89. The monoisotopic (exact) mass is 374 g/mol. The molecule has 0 aromatic heterocycles. The summed E-state index contributed by atoms with van der Waals surface area (Å²) in [5.41, 5.74) is 0. The largest absolute Gasteiger partial charge is 0.463 e. The predicted molar refractivity (Wildman–Crippen MR) is 86.8 cm³/mol. The Balaban J connectivity index is 3.27. The van der Waals surface area contributed by atoms with Gasteiger partial charge >= 0.3 is 23.9 Å². The maximum absolute atomic E-state index is 11.6. The molecule has 26 heavy (non-hydrogen) atoms. The van der Waals surface area contributed by atoms with Crippen molar-refractivity contribution in [3.63, 3.8) is 0 Å². The molecule has 1 rings (SSSR count). The molecule has 9 heteroatoms. The van der Waals surface area contributed by atoms with Gasteiger partial charge in [0.05, 0.1) is 0 Å². The van der Waals surface area contributed by atoms with Gasteiger partial charge < -0.3 is 23.7 Å². The Morgan fingerprint density at radius 3 is 1.65 bits per heavy atom. The molecule has 0 bridgehead atoms. The van der Waals surface area contributed by atoms with Gasteiger partial charge in [0.1, 0.15) is 18.8 Å². The number of carbonyl (C=O) groups is 4. The Morgan fingerprint density at radius 2 is 1.23 bits per heavy atom. The molecule has 0 N–H and O–H groups in total. The average Bonchev–Trinajstić information content (AvgIpc) is 2.47. The van der Waals surface area contributed by atoms with E-state index >= 15 is 0 Å². The van der Waals surface area contributed by atoms with Gasteiger partial charge in [-0.05, 0) is 5.92 Å². The van der Waals surface area contributed by atoms with E-state index < -0.39 is 54.4 Å². The first-order valence-corrected chi connectivity index (χ1v) is 8.33. The summed E-state index contributed by atoms with van der Waals surface area (Å²) in [7, 11) is 0. The molecule has 1 aliphatic rings. The highest BCUT2D eigenvalue weighted by molar-refractivity contribution is 5.68. The Kier molecular flexibility index (Phi) is 8.01. The normalized spacial score (nSPS) is 28.2. The van der Waals surface area contributed by atoms with E-state index in [0.717, 1.165) is 0 Å². The molecule has 1 aliphatic heterocycles. The van der Waals surface area contributed by atoms with Crippen molar-refractivity contribution >= 4 is 23.9 Å². The van der Waals surface area contributed by atoms with Crippen LogP contribution in [0.4, 0.5) is 0 Å². The molecule has 0 aromatic rings. The van der Waals surface area contributed by atoms with Gasteiger partial charge in [0.25, 0.3) is 0 Å². The van der Waals surface area contributed by atoms with Crippen molar-refractivity contribution in [2.45, 2.75) is 72.1 Å². The minimum absolute atomic E-state index is 0.129. The summed E-state index contributed by atoms with van der Waals surface area (Å²) >= 11 is 0. The van der Waals surface area contributed by atoms with Gasteiger partial charge in [0.15, 0.2) is 18.3 Å². The molecule has 0 amide bonds. The highest BCUT2D eigenvalue weighted by Gasteiger charge is 2.52. The fourth-order valence-corrected chi connectivity index (χ4v) is 2.80. The highest BCUT2D eigenvalue weighted by Crippen LogP contribution is 2.32. The second-order valence-electron chi connectivity index (χ2n) is 6.41. The first kappa shape index (κ1) is 21.9. The van der Waals surface area contributed by atoms with Crippen molar-refractivity contribution in [3.8, 4) is 0 Å². The molecule has 0 aromatic carbocycles. The Morgan fingerprint density at radius 1 is 0.769 bits per heavy atom. The van der Waals surface area contributed by atoms with E-state index in [1.54, 1.807) is 0 Å². The summed E-state index contributed by atoms with van der Waals surface area (Å²) in [6.45, 7) is 8.28. The average molecular weight is 374 g/mol. The standard InChI is InChI=1S/C17H26O9/c1-8(2)14-16(24-11(5)20)17(25-12(6)21)15(23-10(4)19)13(26-14)7-22-9(3)18/h8,13-17H,7H2,1-6H3/t13-,14?,15-,16-,17+/m1/s1. The summed E-state index contributed by atoms with van der Waals surface area (Å²) in [5.74, 6) is -2.55. The second kappa shape index (κ2) is 9.51. The predicted octanol–water partition coefficient (Wildman–Crippen LogP) is 0.768. The smallest absolute Gasteiger partial charge is 0.303 e. The number of carbonyl (C=O) groups excluding carboxylic acids is 4. The molecule has 0 aliphatic carbocycles. The number of rotatable bonds is 6. The molecule has 0 spiro atoms. The van der Waals surface area contributed by atoms with E-state index in [9.17, 15) is 19.2 Å². The van der Waals surface area contributed by atoms with Crippen LogP contribution in [0.1, 0.15) is 41.5 Å². The van der Waals surface area contributed by atoms with Gasteiger partial charge in [-0.25, -0.2) is 0 Å². The zero-order chi connectivity index (χ0) is 20.0. The summed E-state index contributed by atoms with van der Waals surface area (Å²) < 4.78 is 26.8. The van der Waals surface area contributed by atoms with Gasteiger partial charge in [-0.15, -0.1) is 0 Å². The lowest BCUT2D eigenvalue weighted by Gasteiger charge is -2.45. The first-order valence-electron chi connectivity index (χ1n) is 8.33. The molecule has 5 atom stereocenters. The van der Waals surface area contributed by atoms with Gasteiger partial charge in [-0.1, -0.05) is 13.8 Å². The van der Waals surface area contributed by atoms with Crippen LogP contribution in [0.15, 0.2) is 0 Å². The van der Waals surface area contributed by atoms with Gasteiger partial charge in [0.2, 0.25) is 0 Å². The van der Waals surface area contributed by atoms with E-state index in [2.05, 4.69) is 0 Å². The summed E-state index contributed by atoms with van der Waals surface area (Å²) in [4.78, 5) is 45.8. The molecule has 0 saturated carbocycles. The third-order valence-electron chi connectivity index (χ3n) is 3.68. The number of esters is 4. The Hall–Kier alpha value is -2.16. The van der Waals surface area contributed by atoms with Crippen LogP contribution in [0.5, 0.6) is 0 Å². The Bertz CT molecular complexity index is 542. The lowest BCUT2D eigenvalue weighted by molar-refractivity contribution is -0.258. The molecule has 1 unspecified atom stereocenters. The minimum atomic E-state index is -1.10. The van der Waals surface area contributed by atoms with E-state index in [1.807, 2.05) is 13.8 Å². The number of hydrogen-bond acceptors (Lipinski definition) is 9. The van der Waals surface area contributed by atoms with Crippen molar-refractivity contribution in [3.05, 3.63) is 0 Å². The van der Waals surface area contributed by atoms with Gasteiger partial charge in [-0.3, -0.25) is 19.2 Å². The fourth-order valence-electron chi connectivity index (χ4n) is 2.80. The molecule has 9 nitrogen and oxygen atoms in total. The van der Waals surface area contributed by atoms with Crippen molar-refractivity contribution in [2.24, 2.45) is 5.92 Å². The highest BCUT2D eigenvalue weighted by atomic mass is 16.7. The summed E-state index contributed by atoms with van der Waals surface area (Å²) in [6, 6.07) is 0. The third-order valence-corrected chi connectivity index (χ3v) is 3.68. The molecule has 1 heterocycles. The van der Waals surface area contributed by atoms with Gasteiger partial charge in [0, 0.05) is 27.7 Å². The van der Waals surface area contributed by atoms with Crippen LogP contribution >= 0.6 is 0 Å². The van der Waals surface area contributed by atoms with Crippen LogP contribution < -0.4 is 0 Å². The third kappa shape index (κ3) is 6.29. The molecule has 1 fully saturated rings. The zero-order valence-corrected chi connectivity index (χ0v) is 15.8. The fraction of sp³-hybridized carbons (Fsp3) is 0.765. The minimum Gasteiger partial charge on any atom is -0.463 e. The van der Waals surface area contributed by atoms with Crippen LogP contribution in [0.25, 0.3) is 0 Å². The van der Waals surface area contributed by atoms with Crippen LogP contribution in [0, 0.1) is 5.92 Å². The van der Waals surface area contributed by atoms with E-state index in [0.29, 0.717) is 0 Å². The Labute approximate surface area is 152 Å².